The van der Waals surface area contributed by atoms with E-state index >= 15 is 0 Å². The van der Waals surface area contributed by atoms with Gasteiger partial charge in [0, 0.05) is 54.3 Å². The van der Waals surface area contributed by atoms with Crippen LogP contribution in [-0.2, 0) is 5.75 Å². The van der Waals surface area contributed by atoms with Crippen molar-refractivity contribution in [1.29, 1.82) is 0 Å². The van der Waals surface area contributed by atoms with Crippen molar-refractivity contribution < 1.29 is 4.79 Å². The molecule has 0 aliphatic rings. The first-order chi connectivity index (χ1) is 17.5. The lowest BCUT2D eigenvalue weighted by molar-refractivity contribution is 0.238. The average molecular weight is 527 g/mol. The number of carbonyl (C=O) groups excluding carboxylic acids is 1. The normalized spacial score (nSPS) is 11.7. The average Bonchev–Trinajstić information content (AvgIpc) is 3.31. The SMILES string of the molecule is CN(CCNC(=O)NCCSCc1csc(N=C(N)N)n1)CCC(c1ccccc1)c1ccccn1. The van der Waals surface area contributed by atoms with Crippen molar-refractivity contribution in [1.82, 2.24) is 25.5 Å². The summed E-state index contributed by atoms with van der Waals surface area (Å²) in [6.07, 6.45) is 2.80. The molecule has 1 unspecified atom stereocenters. The summed E-state index contributed by atoms with van der Waals surface area (Å²) < 4.78 is 0. The maximum absolute atomic E-state index is 12.1. The third kappa shape index (κ3) is 9.84. The van der Waals surface area contributed by atoms with Crippen LogP contribution in [0.25, 0.3) is 0 Å². The molecule has 2 amide bonds. The lowest BCUT2D eigenvalue weighted by Crippen LogP contribution is -2.40. The molecule has 11 heteroatoms. The number of likely N-dealkylation sites (N-methyl/N-ethyl adjacent to an activating group) is 1. The molecule has 0 aliphatic heterocycles. The molecule has 0 saturated heterocycles. The van der Waals surface area contributed by atoms with Gasteiger partial charge in [-0.15, -0.1) is 11.3 Å². The van der Waals surface area contributed by atoms with E-state index in [0.717, 1.165) is 42.4 Å². The number of rotatable bonds is 14. The highest BCUT2D eigenvalue weighted by atomic mass is 32.2. The number of carbonyl (C=O) groups is 1. The molecule has 3 aromatic rings. The van der Waals surface area contributed by atoms with Gasteiger partial charge < -0.3 is 27.0 Å². The number of nitrogens with zero attached hydrogens (tertiary/aromatic N) is 4. The fourth-order valence-corrected chi connectivity index (χ4v) is 5.13. The Balaban J connectivity index is 1.29. The molecule has 2 heterocycles. The van der Waals surface area contributed by atoms with Crippen LogP contribution in [0.3, 0.4) is 0 Å². The zero-order valence-electron chi connectivity index (χ0n) is 20.5. The van der Waals surface area contributed by atoms with E-state index in [-0.39, 0.29) is 17.9 Å². The van der Waals surface area contributed by atoms with Gasteiger partial charge in [-0.2, -0.15) is 16.8 Å². The zero-order valence-corrected chi connectivity index (χ0v) is 22.1. The number of nitrogens with one attached hydrogen (secondary N) is 2. The number of hydrogen-bond donors (Lipinski definition) is 4. The molecule has 192 valence electrons. The number of guanidine groups is 1. The Kier molecular flexibility index (Phi) is 11.5. The number of benzene rings is 1. The molecule has 1 atom stereocenters. The summed E-state index contributed by atoms with van der Waals surface area (Å²) >= 11 is 3.09. The molecule has 2 aromatic heterocycles. The summed E-state index contributed by atoms with van der Waals surface area (Å²) in [4.78, 5) is 27.2. The summed E-state index contributed by atoms with van der Waals surface area (Å²) in [5, 5.41) is 8.32. The minimum Gasteiger partial charge on any atom is -0.370 e. The van der Waals surface area contributed by atoms with Crippen LogP contribution in [0.2, 0.25) is 0 Å². The fraction of sp³-hybridized carbons (Fsp3) is 0.360. The van der Waals surface area contributed by atoms with Gasteiger partial charge in [-0.3, -0.25) is 4.98 Å². The van der Waals surface area contributed by atoms with Crippen molar-refractivity contribution in [2.75, 3.05) is 39.0 Å². The van der Waals surface area contributed by atoms with Crippen LogP contribution in [0.1, 0.15) is 29.3 Å². The number of thiazole rings is 1. The highest BCUT2D eigenvalue weighted by molar-refractivity contribution is 7.98. The number of aliphatic imine (C=N–C) groups is 1. The van der Waals surface area contributed by atoms with E-state index in [0.29, 0.717) is 18.2 Å². The molecule has 0 aliphatic carbocycles. The quantitative estimate of drug-likeness (QED) is 0.144. The summed E-state index contributed by atoms with van der Waals surface area (Å²) in [6, 6.07) is 16.4. The Bertz CT molecular complexity index is 1030. The van der Waals surface area contributed by atoms with Crippen molar-refractivity contribution >= 4 is 40.2 Å². The van der Waals surface area contributed by atoms with Crippen LogP contribution in [0.15, 0.2) is 65.1 Å². The Morgan fingerprint density at radius 2 is 1.89 bits per heavy atom. The van der Waals surface area contributed by atoms with E-state index in [9.17, 15) is 4.79 Å². The van der Waals surface area contributed by atoms with E-state index in [4.69, 9.17) is 11.5 Å². The van der Waals surface area contributed by atoms with Gasteiger partial charge in [-0.25, -0.2) is 9.78 Å². The lowest BCUT2D eigenvalue weighted by atomic mass is 9.92. The molecule has 0 spiro atoms. The van der Waals surface area contributed by atoms with Crippen molar-refractivity contribution in [3.05, 3.63) is 77.1 Å². The summed E-state index contributed by atoms with van der Waals surface area (Å²) in [5.41, 5.74) is 14.0. The minimum absolute atomic E-state index is 0.00539. The second-order valence-corrected chi connectivity index (χ2v) is 10.1. The Morgan fingerprint density at radius 1 is 1.11 bits per heavy atom. The molecule has 3 rings (SSSR count). The summed E-state index contributed by atoms with van der Waals surface area (Å²) in [7, 11) is 2.08. The number of aromatic nitrogens is 2. The first-order valence-electron chi connectivity index (χ1n) is 11.8. The maximum Gasteiger partial charge on any atom is 0.314 e. The van der Waals surface area contributed by atoms with Crippen LogP contribution >= 0.6 is 23.1 Å². The van der Waals surface area contributed by atoms with Crippen LogP contribution in [0.4, 0.5) is 9.93 Å². The van der Waals surface area contributed by atoms with Gasteiger partial charge in [-0.1, -0.05) is 36.4 Å². The number of hydrogen-bond acceptors (Lipinski definition) is 7. The van der Waals surface area contributed by atoms with Gasteiger partial charge in [0.2, 0.25) is 5.13 Å². The third-order valence-corrected chi connectivity index (χ3v) is 7.15. The highest BCUT2D eigenvalue weighted by Crippen LogP contribution is 2.26. The summed E-state index contributed by atoms with van der Waals surface area (Å²) in [6.45, 7) is 2.84. The van der Waals surface area contributed by atoms with E-state index in [1.807, 2.05) is 29.8 Å². The van der Waals surface area contributed by atoms with Gasteiger partial charge in [-0.05, 0) is 37.7 Å². The van der Waals surface area contributed by atoms with E-state index < -0.39 is 0 Å². The Labute approximate surface area is 220 Å². The second kappa shape index (κ2) is 15.1. The van der Waals surface area contributed by atoms with Gasteiger partial charge in [0.25, 0.3) is 0 Å². The maximum atomic E-state index is 12.1. The molecule has 0 fully saturated rings. The van der Waals surface area contributed by atoms with Crippen molar-refractivity contribution in [2.45, 2.75) is 18.1 Å². The van der Waals surface area contributed by atoms with Crippen molar-refractivity contribution in [2.24, 2.45) is 16.5 Å². The second-order valence-electron chi connectivity index (χ2n) is 8.20. The summed E-state index contributed by atoms with van der Waals surface area (Å²) in [5.74, 6) is 1.78. The number of nitrogens with two attached hydrogens (primary N) is 2. The first-order valence-corrected chi connectivity index (χ1v) is 13.8. The molecule has 6 N–H and O–H groups in total. The van der Waals surface area contributed by atoms with Crippen molar-refractivity contribution in [3.8, 4) is 0 Å². The fourth-order valence-electron chi connectivity index (χ4n) is 3.57. The van der Waals surface area contributed by atoms with E-state index in [2.05, 4.69) is 67.9 Å². The molecular weight excluding hydrogens is 492 g/mol. The molecule has 9 nitrogen and oxygen atoms in total. The van der Waals surface area contributed by atoms with E-state index in [1.165, 1.54) is 16.9 Å². The third-order valence-electron chi connectivity index (χ3n) is 5.37. The topological polar surface area (TPSA) is 135 Å². The lowest BCUT2D eigenvalue weighted by Gasteiger charge is -2.22. The molecule has 0 bridgehead atoms. The predicted molar refractivity (Wildman–Crippen MR) is 150 cm³/mol. The largest absolute Gasteiger partial charge is 0.370 e. The molecule has 0 saturated carbocycles. The Hall–Kier alpha value is -3.15. The van der Waals surface area contributed by atoms with Crippen LogP contribution in [0.5, 0.6) is 0 Å². The van der Waals surface area contributed by atoms with Gasteiger partial charge in [0.15, 0.2) is 5.96 Å². The molecule has 0 radical (unpaired) electrons. The number of pyridine rings is 1. The minimum atomic E-state index is -0.150. The predicted octanol–water partition coefficient (Wildman–Crippen LogP) is 3.13. The van der Waals surface area contributed by atoms with Gasteiger partial charge in [0.1, 0.15) is 0 Å². The van der Waals surface area contributed by atoms with Crippen LogP contribution in [0, 0.1) is 0 Å². The number of amides is 2. The van der Waals surface area contributed by atoms with Gasteiger partial charge >= 0.3 is 6.03 Å². The molecular formula is C25H34N8OS2. The number of urea groups is 1. The number of thioether (sulfide) groups is 1. The molecule has 36 heavy (non-hydrogen) atoms. The van der Waals surface area contributed by atoms with Crippen LogP contribution in [-0.4, -0.2) is 65.8 Å². The first kappa shape index (κ1) is 27.4. The van der Waals surface area contributed by atoms with E-state index in [1.54, 1.807) is 11.8 Å². The highest BCUT2D eigenvalue weighted by Gasteiger charge is 2.16. The molecule has 1 aromatic carbocycles. The smallest absolute Gasteiger partial charge is 0.314 e. The van der Waals surface area contributed by atoms with Gasteiger partial charge in [0.05, 0.1) is 5.69 Å². The zero-order chi connectivity index (χ0) is 25.6. The van der Waals surface area contributed by atoms with Crippen molar-refractivity contribution in [3.63, 3.8) is 0 Å². The van der Waals surface area contributed by atoms with Crippen LogP contribution < -0.4 is 22.1 Å². The monoisotopic (exact) mass is 526 g/mol. The standard InChI is InChI=1S/C25H34N8OS2/c1-33(14-10-21(19-7-3-2-4-8-19)22-9-5-6-11-28-22)15-12-29-24(34)30-13-16-35-17-20-18-36-25(31-20)32-23(26)27/h2-9,11,18,21H,10,12-17H2,1H3,(H2,29,30,34)(H4,26,27,31,32). The Morgan fingerprint density at radius 3 is 2.64 bits per heavy atom.